The lowest BCUT2D eigenvalue weighted by Crippen LogP contribution is -2.54. The summed E-state index contributed by atoms with van der Waals surface area (Å²) in [5.41, 5.74) is -0.401. The summed E-state index contributed by atoms with van der Waals surface area (Å²) in [5.74, 6) is -1.13. The predicted molar refractivity (Wildman–Crippen MR) is 129 cm³/mol. The van der Waals surface area contributed by atoms with Crippen LogP contribution >= 0.6 is 0 Å². The Balaban J connectivity index is 3.29. The number of nitrogens with zero attached hydrogens (tertiary/aromatic N) is 1. The second-order valence-corrected chi connectivity index (χ2v) is 9.62. The molecule has 186 valence electrons. The number of para-hydroxylation sites is 1. The minimum Gasteiger partial charge on any atom is -0.508 e. The minimum atomic E-state index is -1.06. The van der Waals surface area contributed by atoms with Crippen molar-refractivity contribution in [2.75, 3.05) is 7.05 Å². The molecule has 0 spiro atoms. The van der Waals surface area contributed by atoms with Crippen LogP contribution in [0.5, 0.6) is 5.75 Å². The number of amides is 3. The standard InChI is InChI=1S/C25H41N3O5/c1-9-13-17(4)26-22(30)21(18-14-11-12-15-19(18)29)28(8)23(31)20(16(3)10-2)27-24(32)33-25(5,6)7/h11-12,14-17,20-21,29H,9-10,13H2,1-8H3,(H,26,30)(H,27,32). The molecule has 4 unspecified atom stereocenters. The van der Waals surface area contributed by atoms with Gasteiger partial charge in [0.25, 0.3) is 0 Å². The Hall–Kier alpha value is -2.77. The van der Waals surface area contributed by atoms with Crippen LogP contribution in [-0.2, 0) is 14.3 Å². The zero-order valence-corrected chi connectivity index (χ0v) is 21.3. The number of hydrogen-bond acceptors (Lipinski definition) is 5. The highest BCUT2D eigenvalue weighted by Gasteiger charge is 2.37. The van der Waals surface area contributed by atoms with Crippen molar-refractivity contribution in [2.24, 2.45) is 5.92 Å². The molecule has 0 aliphatic rings. The van der Waals surface area contributed by atoms with E-state index in [0.717, 1.165) is 12.8 Å². The van der Waals surface area contributed by atoms with Gasteiger partial charge in [0.15, 0.2) is 0 Å². The summed E-state index contributed by atoms with van der Waals surface area (Å²) < 4.78 is 5.34. The van der Waals surface area contributed by atoms with Gasteiger partial charge in [-0.05, 0) is 46.1 Å². The number of ether oxygens (including phenoxy) is 1. The molecule has 8 heteroatoms. The van der Waals surface area contributed by atoms with Gasteiger partial charge in [-0.2, -0.15) is 0 Å². The molecule has 0 heterocycles. The fourth-order valence-corrected chi connectivity index (χ4v) is 3.54. The van der Waals surface area contributed by atoms with E-state index in [1.807, 2.05) is 27.7 Å². The van der Waals surface area contributed by atoms with E-state index in [-0.39, 0.29) is 17.7 Å². The number of phenolic OH excluding ortho intramolecular Hbond substituents is 1. The number of carbonyl (C=O) groups excluding carboxylic acids is 3. The Kier molecular flexibility index (Phi) is 10.7. The number of hydrogen-bond donors (Lipinski definition) is 3. The van der Waals surface area contributed by atoms with Gasteiger partial charge in [-0.3, -0.25) is 9.59 Å². The third kappa shape index (κ3) is 8.59. The molecule has 1 aromatic carbocycles. The van der Waals surface area contributed by atoms with Gasteiger partial charge in [-0.1, -0.05) is 51.8 Å². The highest BCUT2D eigenvalue weighted by atomic mass is 16.6. The summed E-state index contributed by atoms with van der Waals surface area (Å²) in [5, 5.41) is 16.1. The second-order valence-electron chi connectivity index (χ2n) is 9.62. The maximum absolute atomic E-state index is 13.6. The topological polar surface area (TPSA) is 108 Å². The van der Waals surface area contributed by atoms with Gasteiger partial charge in [-0.25, -0.2) is 4.79 Å². The molecule has 4 atom stereocenters. The van der Waals surface area contributed by atoms with Crippen LogP contribution in [0.3, 0.4) is 0 Å². The van der Waals surface area contributed by atoms with Crippen molar-refractivity contribution in [3.05, 3.63) is 29.8 Å². The summed E-state index contributed by atoms with van der Waals surface area (Å²) >= 11 is 0. The van der Waals surface area contributed by atoms with E-state index in [4.69, 9.17) is 4.74 Å². The third-order valence-electron chi connectivity index (χ3n) is 5.48. The maximum atomic E-state index is 13.6. The molecule has 0 aromatic heterocycles. The van der Waals surface area contributed by atoms with Crippen molar-refractivity contribution < 1.29 is 24.2 Å². The van der Waals surface area contributed by atoms with Gasteiger partial charge < -0.3 is 25.4 Å². The van der Waals surface area contributed by atoms with E-state index in [1.54, 1.807) is 39.0 Å². The highest BCUT2D eigenvalue weighted by Crippen LogP contribution is 2.29. The SMILES string of the molecule is CCCC(C)NC(=O)C(c1ccccc1O)N(C)C(=O)C(NC(=O)OC(C)(C)C)C(C)CC. The lowest BCUT2D eigenvalue weighted by molar-refractivity contribution is -0.142. The van der Waals surface area contributed by atoms with Crippen LogP contribution in [0.15, 0.2) is 24.3 Å². The lowest BCUT2D eigenvalue weighted by Gasteiger charge is -2.34. The van der Waals surface area contributed by atoms with E-state index in [2.05, 4.69) is 10.6 Å². The number of rotatable bonds is 10. The first kappa shape index (κ1) is 28.3. The maximum Gasteiger partial charge on any atom is 0.408 e. The molecule has 0 bridgehead atoms. The Morgan fingerprint density at radius 3 is 2.21 bits per heavy atom. The van der Waals surface area contributed by atoms with Crippen molar-refractivity contribution in [3.63, 3.8) is 0 Å². The first-order valence-corrected chi connectivity index (χ1v) is 11.7. The molecular weight excluding hydrogens is 422 g/mol. The van der Waals surface area contributed by atoms with Crippen LogP contribution in [0.4, 0.5) is 4.79 Å². The fourth-order valence-electron chi connectivity index (χ4n) is 3.54. The summed E-state index contributed by atoms with van der Waals surface area (Å²) in [6.45, 7) is 12.9. The molecule has 8 nitrogen and oxygen atoms in total. The number of nitrogens with one attached hydrogen (secondary N) is 2. The Morgan fingerprint density at radius 1 is 1.09 bits per heavy atom. The van der Waals surface area contributed by atoms with Gasteiger partial charge in [0.2, 0.25) is 11.8 Å². The Labute approximate surface area is 198 Å². The van der Waals surface area contributed by atoms with Gasteiger partial charge >= 0.3 is 6.09 Å². The molecule has 3 N–H and O–H groups in total. The number of likely N-dealkylation sites (N-methyl/N-ethyl adjacent to an activating group) is 1. The average Bonchev–Trinajstić information content (AvgIpc) is 2.71. The van der Waals surface area contributed by atoms with Crippen LogP contribution in [0, 0.1) is 5.92 Å². The molecule has 33 heavy (non-hydrogen) atoms. The molecule has 0 saturated carbocycles. The van der Waals surface area contributed by atoms with Crippen molar-refractivity contribution in [3.8, 4) is 5.75 Å². The molecule has 1 rings (SSSR count). The summed E-state index contributed by atoms with van der Waals surface area (Å²) in [6, 6.07) is 4.40. The van der Waals surface area contributed by atoms with E-state index >= 15 is 0 Å². The summed E-state index contributed by atoms with van der Waals surface area (Å²) in [4.78, 5) is 40.6. The molecule has 0 radical (unpaired) electrons. The smallest absolute Gasteiger partial charge is 0.408 e. The molecule has 3 amide bonds. The molecule has 0 fully saturated rings. The van der Waals surface area contributed by atoms with Gasteiger partial charge in [0.05, 0.1) is 0 Å². The van der Waals surface area contributed by atoms with Crippen LogP contribution < -0.4 is 10.6 Å². The van der Waals surface area contributed by atoms with Crippen LogP contribution in [0.1, 0.15) is 79.3 Å². The second kappa shape index (κ2) is 12.5. The number of carbonyl (C=O) groups is 3. The van der Waals surface area contributed by atoms with E-state index < -0.39 is 35.6 Å². The fraction of sp³-hybridized carbons (Fsp3) is 0.640. The molecule has 1 aromatic rings. The molecular formula is C25H41N3O5. The predicted octanol–water partition coefficient (Wildman–Crippen LogP) is 4.14. The van der Waals surface area contributed by atoms with E-state index in [1.165, 1.54) is 18.0 Å². The zero-order chi connectivity index (χ0) is 25.3. The van der Waals surface area contributed by atoms with Crippen LogP contribution in [-0.4, -0.2) is 52.6 Å². The summed E-state index contributed by atoms with van der Waals surface area (Å²) in [6.07, 6.45) is 1.61. The third-order valence-corrected chi connectivity index (χ3v) is 5.48. The van der Waals surface area contributed by atoms with E-state index in [0.29, 0.717) is 12.0 Å². The van der Waals surface area contributed by atoms with Crippen molar-refractivity contribution in [1.29, 1.82) is 0 Å². The van der Waals surface area contributed by atoms with Crippen molar-refractivity contribution in [1.82, 2.24) is 15.5 Å². The molecule has 0 saturated heterocycles. The van der Waals surface area contributed by atoms with Crippen molar-refractivity contribution in [2.45, 2.75) is 91.5 Å². The Bertz CT molecular complexity index is 805. The normalized spacial score (nSPS) is 15.0. The number of phenols is 1. The quantitative estimate of drug-likeness (QED) is 0.483. The lowest BCUT2D eigenvalue weighted by atomic mass is 9.96. The zero-order valence-electron chi connectivity index (χ0n) is 21.3. The molecule has 0 aliphatic carbocycles. The highest BCUT2D eigenvalue weighted by molar-refractivity contribution is 5.92. The van der Waals surface area contributed by atoms with Gasteiger partial charge in [-0.15, -0.1) is 0 Å². The largest absolute Gasteiger partial charge is 0.508 e. The van der Waals surface area contributed by atoms with E-state index in [9.17, 15) is 19.5 Å². The monoisotopic (exact) mass is 463 g/mol. The Morgan fingerprint density at radius 2 is 1.70 bits per heavy atom. The van der Waals surface area contributed by atoms with Crippen LogP contribution in [0.25, 0.3) is 0 Å². The number of aromatic hydroxyl groups is 1. The minimum absolute atomic E-state index is 0.0827. The number of alkyl carbamates (subject to hydrolysis) is 1. The summed E-state index contributed by atoms with van der Waals surface area (Å²) in [7, 11) is 1.51. The van der Waals surface area contributed by atoms with Crippen molar-refractivity contribution >= 4 is 17.9 Å². The first-order valence-electron chi connectivity index (χ1n) is 11.7. The van der Waals surface area contributed by atoms with Gasteiger partial charge in [0, 0.05) is 18.7 Å². The molecule has 0 aliphatic heterocycles. The number of benzene rings is 1. The first-order chi connectivity index (χ1) is 15.3. The average molecular weight is 464 g/mol. The van der Waals surface area contributed by atoms with Crippen LogP contribution in [0.2, 0.25) is 0 Å². The van der Waals surface area contributed by atoms with Gasteiger partial charge in [0.1, 0.15) is 23.4 Å².